The van der Waals surface area contributed by atoms with E-state index in [9.17, 15) is 22.8 Å². The number of halogens is 3. The van der Waals surface area contributed by atoms with Gasteiger partial charge in [-0.3, -0.25) is 14.8 Å². The summed E-state index contributed by atoms with van der Waals surface area (Å²) in [6.07, 6.45) is -4.51. The first-order valence-electron chi connectivity index (χ1n) is 6.17. The van der Waals surface area contributed by atoms with Crippen LogP contribution in [-0.2, 0) is 11.0 Å². The third kappa shape index (κ3) is 4.43. The minimum absolute atomic E-state index is 0.0759. The maximum absolute atomic E-state index is 12.4. The van der Waals surface area contributed by atoms with E-state index in [0.29, 0.717) is 0 Å². The van der Waals surface area contributed by atoms with E-state index in [1.807, 2.05) is 0 Å². The van der Waals surface area contributed by atoms with Crippen LogP contribution < -0.4 is 16.5 Å². The third-order valence-corrected chi connectivity index (χ3v) is 2.87. The Morgan fingerprint density at radius 2 is 1.68 bits per heavy atom. The molecule has 0 aromatic heterocycles. The van der Waals surface area contributed by atoms with Gasteiger partial charge in [0.2, 0.25) is 0 Å². The summed E-state index contributed by atoms with van der Waals surface area (Å²) in [5.41, 5.74) is 4.93. The van der Waals surface area contributed by atoms with Crippen molar-refractivity contribution in [3.63, 3.8) is 0 Å². The van der Waals surface area contributed by atoms with Crippen molar-refractivity contribution in [2.75, 3.05) is 0 Å². The molecule has 5 N–H and O–H groups in total. The van der Waals surface area contributed by atoms with Crippen molar-refractivity contribution in [2.24, 2.45) is 5.73 Å². The lowest BCUT2D eigenvalue weighted by atomic mass is 9.95. The highest BCUT2D eigenvalue weighted by molar-refractivity contribution is 5.97. The van der Waals surface area contributed by atoms with Crippen molar-refractivity contribution >= 4 is 11.8 Å². The van der Waals surface area contributed by atoms with Gasteiger partial charge in [0.25, 0.3) is 11.8 Å². The Hall–Kier alpha value is -2.13. The van der Waals surface area contributed by atoms with Crippen molar-refractivity contribution in [1.82, 2.24) is 10.8 Å². The molecule has 0 saturated carbocycles. The number of nitrogens with two attached hydrogens (primary N) is 1. The Balaban J connectivity index is 2.94. The van der Waals surface area contributed by atoms with Gasteiger partial charge in [-0.05, 0) is 38.1 Å². The Morgan fingerprint density at radius 3 is 2.05 bits per heavy atom. The molecule has 1 aromatic carbocycles. The summed E-state index contributed by atoms with van der Waals surface area (Å²) >= 11 is 0. The van der Waals surface area contributed by atoms with Crippen LogP contribution in [0.15, 0.2) is 24.3 Å². The molecule has 0 fully saturated rings. The van der Waals surface area contributed by atoms with Crippen LogP contribution in [0.5, 0.6) is 0 Å². The number of alkyl halides is 3. The Kier molecular flexibility index (Phi) is 5.15. The fourth-order valence-corrected chi connectivity index (χ4v) is 1.68. The van der Waals surface area contributed by atoms with E-state index in [0.717, 1.165) is 24.3 Å². The number of carbonyl (C=O) groups is 2. The minimum atomic E-state index is -4.51. The summed E-state index contributed by atoms with van der Waals surface area (Å²) in [4.78, 5) is 23.5. The predicted octanol–water partition coefficient (Wildman–Crippen LogP) is 1.05. The molecule has 0 aliphatic carbocycles. The van der Waals surface area contributed by atoms with Crippen molar-refractivity contribution in [1.29, 1.82) is 0 Å². The Labute approximate surface area is 124 Å². The molecule has 0 aliphatic rings. The van der Waals surface area contributed by atoms with Gasteiger partial charge in [0.05, 0.1) is 5.56 Å². The highest BCUT2D eigenvalue weighted by Gasteiger charge is 2.34. The van der Waals surface area contributed by atoms with Crippen molar-refractivity contribution in [3.05, 3.63) is 35.4 Å². The molecular weight excluding hydrogens is 303 g/mol. The lowest BCUT2D eigenvalue weighted by Crippen LogP contribution is -2.61. The first-order chi connectivity index (χ1) is 9.96. The summed E-state index contributed by atoms with van der Waals surface area (Å²) in [7, 11) is 0. The maximum Gasteiger partial charge on any atom is 0.416 e. The average Bonchev–Trinajstić information content (AvgIpc) is 2.41. The maximum atomic E-state index is 12.4. The van der Waals surface area contributed by atoms with Crippen LogP contribution in [0.1, 0.15) is 29.8 Å². The lowest BCUT2D eigenvalue weighted by Gasteiger charge is -2.29. The van der Waals surface area contributed by atoms with E-state index >= 15 is 0 Å². The SMILES string of the molecule is CC(C)(N)[C@H](NC(=O)c1ccc(C(F)(F)F)cc1)C(=O)NO. The number of hydrogen-bond donors (Lipinski definition) is 4. The molecule has 0 saturated heterocycles. The number of hydrogen-bond acceptors (Lipinski definition) is 4. The molecule has 6 nitrogen and oxygen atoms in total. The van der Waals surface area contributed by atoms with E-state index in [2.05, 4.69) is 5.32 Å². The molecule has 0 spiro atoms. The molecular formula is C13H16F3N3O3. The van der Waals surface area contributed by atoms with E-state index in [-0.39, 0.29) is 5.56 Å². The first-order valence-corrected chi connectivity index (χ1v) is 6.17. The van der Waals surface area contributed by atoms with Gasteiger partial charge in [0.15, 0.2) is 0 Å². The molecule has 122 valence electrons. The Bertz CT molecular complexity index is 550. The summed E-state index contributed by atoms with van der Waals surface area (Å²) in [6, 6.07) is 2.20. The number of nitrogens with one attached hydrogen (secondary N) is 2. The quantitative estimate of drug-likeness (QED) is 0.492. The monoisotopic (exact) mass is 319 g/mol. The van der Waals surface area contributed by atoms with Crippen molar-refractivity contribution in [2.45, 2.75) is 31.6 Å². The molecule has 1 aromatic rings. The van der Waals surface area contributed by atoms with Gasteiger partial charge < -0.3 is 11.1 Å². The normalized spacial score (nSPS) is 13.4. The standard InChI is InChI=1S/C13H16F3N3O3/c1-12(2,17)9(11(21)19-22)18-10(20)7-3-5-8(6-4-7)13(14,15)16/h3-6,9,22H,17H2,1-2H3,(H,18,20)(H,19,21)/t9-/m1/s1. The largest absolute Gasteiger partial charge is 0.416 e. The zero-order valence-electron chi connectivity index (χ0n) is 11.9. The van der Waals surface area contributed by atoms with Crippen LogP contribution in [0.25, 0.3) is 0 Å². The zero-order valence-corrected chi connectivity index (χ0v) is 11.9. The van der Waals surface area contributed by atoms with E-state index in [4.69, 9.17) is 10.9 Å². The number of amides is 2. The van der Waals surface area contributed by atoms with Crippen molar-refractivity contribution < 1.29 is 28.0 Å². The van der Waals surface area contributed by atoms with Crippen LogP contribution in [0.3, 0.4) is 0 Å². The second-order valence-corrected chi connectivity index (χ2v) is 5.28. The molecule has 0 heterocycles. The number of carbonyl (C=O) groups excluding carboxylic acids is 2. The van der Waals surface area contributed by atoms with Crippen LogP contribution in [0.4, 0.5) is 13.2 Å². The summed E-state index contributed by atoms with van der Waals surface area (Å²) in [6.45, 7) is 2.89. The minimum Gasteiger partial charge on any atom is -0.338 e. The number of rotatable bonds is 4. The summed E-state index contributed by atoms with van der Waals surface area (Å²) in [5, 5.41) is 10.9. The average molecular weight is 319 g/mol. The molecule has 1 rings (SSSR count). The van der Waals surface area contributed by atoms with Gasteiger partial charge in [0, 0.05) is 11.1 Å². The van der Waals surface area contributed by atoms with Gasteiger partial charge in [-0.25, -0.2) is 5.48 Å². The fraction of sp³-hybridized carbons (Fsp3) is 0.385. The highest BCUT2D eigenvalue weighted by atomic mass is 19.4. The fourth-order valence-electron chi connectivity index (χ4n) is 1.68. The highest BCUT2D eigenvalue weighted by Crippen LogP contribution is 2.29. The number of hydroxylamine groups is 1. The first kappa shape index (κ1) is 17.9. The molecule has 22 heavy (non-hydrogen) atoms. The summed E-state index contributed by atoms with van der Waals surface area (Å²) in [5.74, 6) is -1.73. The topological polar surface area (TPSA) is 104 Å². The predicted molar refractivity (Wildman–Crippen MR) is 70.9 cm³/mol. The molecule has 0 bridgehead atoms. The lowest BCUT2D eigenvalue weighted by molar-refractivity contribution is -0.137. The van der Waals surface area contributed by atoms with Crippen LogP contribution in [0.2, 0.25) is 0 Å². The molecule has 0 unspecified atom stereocenters. The van der Waals surface area contributed by atoms with Crippen molar-refractivity contribution in [3.8, 4) is 0 Å². The Morgan fingerprint density at radius 1 is 1.18 bits per heavy atom. The molecule has 0 aliphatic heterocycles. The van der Waals surface area contributed by atoms with Crippen LogP contribution in [0, 0.1) is 0 Å². The molecule has 9 heteroatoms. The van der Waals surface area contributed by atoms with Crippen LogP contribution in [-0.4, -0.2) is 28.6 Å². The molecule has 0 radical (unpaired) electrons. The van der Waals surface area contributed by atoms with Crippen LogP contribution >= 0.6 is 0 Å². The molecule has 2 amide bonds. The van der Waals surface area contributed by atoms with E-state index in [1.54, 1.807) is 0 Å². The second kappa shape index (κ2) is 6.32. The van der Waals surface area contributed by atoms with Gasteiger partial charge in [-0.2, -0.15) is 13.2 Å². The molecule has 1 atom stereocenters. The van der Waals surface area contributed by atoms with E-state index < -0.39 is 35.1 Å². The van der Waals surface area contributed by atoms with Gasteiger partial charge >= 0.3 is 6.18 Å². The third-order valence-electron chi connectivity index (χ3n) is 2.87. The summed E-state index contributed by atoms with van der Waals surface area (Å²) < 4.78 is 37.3. The van der Waals surface area contributed by atoms with E-state index in [1.165, 1.54) is 19.3 Å². The number of benzene rings is 1. The smallest absolute Gasteiger partial charge is 0.338 e. The van der Waals surface area contributed by atoms with Gasteiger partial charge in [-0.1, -0.05) is 0 Å². The second-order valence-electron chi connectivity index (χ2n) is 5.28. The zero-order chi connectivity index (χ0) is 17.1. The van der Waals surface area contributed by atoms with Gasteiger partial charge in [0.1, 0.15) is 6.04 Å². The van der Waals surface area contributed by atoms with Gasteiger partial charge in [-0.15, -0.1) is 0 Å².